The Hall–Kier alpha value is -3.65. The predicted octanol–water partition coefficient (Wildman–Crippen LogP) is 5.36. The van der Waals surface area contributed by atoms with Crippen LogP contribution in [-0.4, -0.2) is 47.7 Å². The smallest absolute Gasteiger partial charge is 0.411 e. The van der Waals surface area contributed by atoms with Crippen LogP contribution in [0.5, 0.6) is 0 Å². The van der Waals surface area contributed by atoms with Crippen molar-refractivity contribution in [2.75, 3.05) is 25.0 Å². The van der Waals surface area contributed by atoms with Crippen LogP contribution in [-0.2, 0) is 9.53 Å². The van der Waals surface area contributed by atoms with Crippen LogP contribution in [0.4, 0.5) is 10.5 Å². The maximum atomic E-state index is 12.8. The van der Waals surface area contributed by atoms with Crippen LogP contribution in [0.1, 0.15) is 34.3 Å². The van der Waals surface area contributed by atoms with Crippen molar-refractivity contribution in [3.63, 3.8) is 0 Å². The van der Waals surface area contributed by atoms with Gasteiger partial charge in [-0.3, -0.25) is 14.9 Å². The molecule has 8 heteroatoms. The van der Waals surface area contributed by atoms with Gasteiger partial charge >= 0.3 is 12.1 Å². The Morgan fingerprint density at radius 2 is 1.62 bits per heavy atom. The molecule has 0 atom stereocenters. The summed E-state index contributed by atoms with van der Waals surface area (Å²) in [7, 11) is 0. The van der Waals surface area contributed by atoms with Gasteiger partial charge < -0.3 is 14.7 Å². The number of carbonyl (C=O) groups excluding carboxylic acids is 2. The molecule has 2 amide bonds. The van der Waals surface area contributed by atoms with Crippen molar-refractivity contribution in [3.8, 4) is 11.1 Å². The van der Waals surface area contributed by atoms with Gasteiger partial charge in [-0.05, 0) is 63.3 Å². The van der Waals surface area contributed by atoms with E-state index in [1.54, 1.807) is 19.1 Å². The molecule has 0 bridgehead atoms. The molecule has 174 valence electrons. The maximum absolute atomic E-state index is 12.8. The summed E-state index contributed by atoms with van der Waals surface area (Å²) < 4.78 is 6.06. The van der Waals surface area contributed by atoms with Crippen molar-refractivity contribution >= 4 is 39.6 Å². The molecule has 0 spiro atoms. The van der Waals surface area contributed by atoms with E-state index in [1.807, 2.05) is 36.4 Å². The van der Waals surface area contributed by atoms with E-state index in [2.05, 4.69) is 33.4 Å². The number of anilines is 1. The molecule has 7 nitrogen and oxygen atoms in total. The Kier molecular flexibility index (Phi) is 6.98. The van der Waals surface area contributed by atoms with Crippen molar-refractivity contribution in [2.45, 2.75) is 12.8 Å². The van der Waals surface area contributed by atoms with E-state index >= 15 is 0 Å². The first-order valence-electron chi connectivity index (χ1n) is 10.8. The SMILES string of the molecule is CCN(CC(=O)O)C(=O)c1cc(NC(=O)OCC2c3ccccc3-c3ccccc32)ccc1Br. The molecule has 34 heavy (non-hydrogen) atoms. The van der Waals surface area contributed by atoms with Crippen molar-refractivity contribution < 1.29 is 24.2 Å². The minimum Gasteiger partial charge on any atom is -0.480 e. The molecule has 0 fully saturated rings. The highest BCUT2D eigenvalue weighted by atomic mass is 79.9. The molecule has 0 heterocycles. The van der Waals surface area contributed by atoms with E-state index < -0.39 is 24.5 Å². The molecule has 4 rings (SSSR count). The number of halogens is 1. The fraction of sp³-hybridized carbons (Fsp3) is 0.192. The summed E-state index contributed by atoms with van der Waals surface area (Å²) in [6, 6.07) is 20.9. The molecule has 3 aromatic carbocycles. The summed E-state index contributed by atoms with van der Waals surface area (Å²) in [6.45, 7) is 1.70. The first-order valence-corrected chi connectivity index (χ1v) is 11.6. The standard InChI is InChI=1S/C26H23BrN2O5/c1-2-29(14-24(30)31)25(32)21-13-16(11-12-23(21)27)28-26(33)34-15-22-19-9-5-3-7-17(19)18-8-4-6-10-20(18)22/h3-13,22H,2,14-15H2,1H3,(H,28,33)(H,30,31). The highest BCUT2D eigenvalue weighted by Crippen LogP contribution is 2.44. The molecule has 1 aliphatic rings. The van der Waals surface area contributed by atoms with Gasteiger partial charge in [0.15, 0.2) is 0 Å². The molecule has 0 aliphatic heterocycles. The van der Waals surface area contributed by atoms with Crippen molar-refractivity contribution in [1.82, 2.24) is 4.90 Å². The molecule has 1 aliphatic carbocycles. The summed E-state index contributed by atoms with van der Waals surface area (Å²) in [5.41, 5.74) is 5.14. The summed E-state index contributed by atoms with van der Waals surface area (Å²) in [4.78, 5) is 37.6. The maximum Gasteiger partial charge on any atom is 0.411 e. The van der Waals surface area contributed by atoms with Gasteiger partial charge in [0.25, 0.3) is 5.91 Å². The van der Waals surface area contributed by atoms with Gasteiger partial charge in [0, 0.05) is 22.6 Å². The average molecular weight is 523 g/mol. The lowest BCUT2D eigenvalue weighted by atomic mass is 9.98. The summed E-state index contributed by atoms with van der Waals surface area (Å²) in [5, 5.41) is 11.7. The Morgan fingerprint density at radius 3 is 2.21 bits per heavy atom. The highest BCUT2D eigenvalue weighted by Gasteiger charge is 2.29. The second-order valence-corrected chi connectivity index (χ2v) is 8.71. The number of benzene rings is 3. The number of ether oxygens (including phenoxy) is 1. The van der Waals surface area contributed by atoms with Gasteiger partial charge in [-0.25, -0.2) is 4.79 Å². The zero-order valence-corrected chi connectivity index (χ0v) is 20.0. The van der Waals surface area contributed by atoms with E-state index in [-0.39, 0.29) is 24.6 Å². The van der Waals surface area contributed by atoms with Gasteiger partial charge in [0.2, 0.25) is 0 Å². The third-order valence-electron chi connectivity index (χ3n) is 5.78. The monoisotopic (exact) mass is 522 g/mol. The lowest BCUT2D eigenvalue weighted by Gasteiger charge is -2.20. The first-order chi connectivity index (χ1) is 16.4. The number of hydrogen-bond acceptors (Lipinski definition) is 4. The number of likely N-dealkylation sites (N-methyl/N-ethyl adjacent to an activating group) is 1. The summed E-state index contributed by atoms with van der Waals surface area (Å²) in [5.74, 6) is -1.61. The molecule has 3 aromatic rings. The quantitative estimate of drug-likeness (QED) is 0.435. The van der Waals surface area contributed by atoms with Gasteiger partial charge in [0.05, 0.1) is 5.56 Å². The fourth-order valence-electron chi connectivity index (χ4n) is 4.18. The van der Waals surface area contributed by atoms with Gasteiger partial charge in [-0.15, -0.1) is 0 Å². The van der Waals surface area contributed by atoms with Crippen LogP contribution >= 0.6 is 15.9 Å². The van der Waals surface area contributed by atoms with Crippen LogP contribution in [0.3, 0.4) is 0 Å². The Morgan fingerprint density at radius 1 is 1.00 bits per heavy atom. The fourth-order valence-corrected chi connectivity index (χ4v) is 4.60. The average Bonchev–Trinajstić information content (AvgIpc) is 3.15. The van der Waals surface area contributed by atoms with Crippen LogP contribution < -0.4 is 5.32 Å². The molecule has 0 aromatic heterocycles. The van der Waals surface area contributed by atoms with Crippen molar-refractivity contribution in [3.05, 3.63) is 87.9 Å². The minimum absolute atomic E-state index is 0.0608. The number of carboxylic acids is 1. The molecule has 0 radical (unpaired) electrons. The number of aliphatic carboxylic acids is 1. The van der Waals surface area contributed by atoms with Crippen LogP contribution in [0.2, 0.25) is 0 Å². The summed E-state index contributed by atoms with van der Waals surface area (Å²) >= 11 is 3.33. The first kappa shape index (κ1) is 23.5. The number of nitrogens with zero attached hydrogens (tertiary/aromatic N) is 1. The third kappa shape index (κ3) is 4.82. The van der Waals surface area contributed by atoms with Gasteiger partial charge in [0.1, 0.15) is 13.2 Å². The molecule has 0 saturated heterocycles. The number of amides is 2. The molecular weight excluding hydrogens is 500 g/mol. The van der Waals surface area contributed by atoms with E-state index in [1.165, 1.54) is 11.0 Å². The number of hydrogen-bond donors (Lipinski definition) is 2. The van der Waals surface area contributed by atoms with Crippen molar-refractivity contribution in [1.29, 1.82) is 0 Å². The number of carboxylic acid groups (broad SMARTS) is 1. The number of rotatable bonds is 7. The van der Waals surface area contributed by atoms with E-state index in [4.69, 9.17) is 9.84 Å². The van der Waals surface area contributed by atoms with Crippen LogP contribution in [0, 0.1) is 0 Å². The van der Waals surface area contributed by atoms with E-state index in [0.717, 1.165) is 22.3 Å². The normalized spacial score (nSPS) is 11.9. The largest absolute Gasteiger partial charge is 0.480 e. The van der Waals surface area contributed by atoms with Crippen LogP contribution in [0.25, 0.3) is 11.1 Å². The predicted molar refractivity (Wildman–Crippen MR) is 132 cm³/mol. The number of nitrogens with one attached hydrogen (secondary N) is 1. The second-order valence-electron chi connectivity index (χ2n) is 7.86. The number of carbonyl (C=O) groups is 3. The van der Waals surface area contributed by atoms with E-state index in [0.29, 0.717) is 10.2 Å². The lowest BCUT2D eigenvalue weighted by molar-refractivity contribution is -0.137. The molecular formula is C26H23BrN2O5. The highest BCUT2D eigenvalue weighted by molar-refractivity contribution is 9.10. The van der Waals surface area contributed by atoms with Gasteiger partial charge in [-0.2, -0.15) is 0 Å². The Bertz CT molecular complexity index is 1210. The minimum atomic E-state index is -1.10. The van der Waals surface area contributed by atoms with Gasteiger partial charge in [-0.1, -0.05) is 48.5 Å². The topological polar surface area (TPSA) is 95.9 Å². The molecule has 2 N–H and O–H groups in total. The summed E-state index contributed by atoms with van der Waals surface area (Å²) in [6.07, 6.45) is -0.638. The molecule has 0 saturated carbocycles. The zero-order chi connectivity index (χ0) is 24.2. The van der Waals surface area contributed by atoms with Crippen molar-refractivity contribution in [2.24, 2.45) is 0 Å². The zero-order valence-electron chi connectivity index (χ0n) is 18.5. The number of fused-ring (bicyclic) bond motifs is 3. The second kappa shape index (κ2) is 10.1. The van der Waals surface area contributed by atoms with Crippen LogP contribution in [0.15, 0.2) is 71.2 Å². The molecule has 0 unspecified atom stereocenters. The Labute approximate surface area is 205 Å². The third-order valence-corrected chi connectivity index (χ3v) is 6.47. The van der Waals surface area contributed by atoms with E-state index in [9.17, 15) is 14.4 Å². The Balaban J connectivity index is 1.46. The lowest BCUT2D eigenvalue weighted by Crippen LogP contribution is -2.35.